The maximum Gasteiger partial charge on any atom is 0.254 e. The Labute approximate surface area is 136 Å². The van der Waals surface area contributed by atoms with Gasteiger partial charge in [0.1, 0.15) is 0 Å². The number of rotatable bonds is 1. The van der Waals surface area contributed by atoms with E-state index in [-0.39, 0.29) is 5.91 Å². The molecular weight excluding hydrogens is 385 g/mol. The Morgan fingerprint density at radius 1 is 1.15 bits per heavy atom. The predicted molar refractivity (Wildman–Crippen MR) is 89.1 cm³/mol. The average molecular weight is 398 g/mol. The maximum atomic E-state index is 12.5. The van der Waals surface area contributed by atoms with E-state index in [9.17, 15) is 4.79 Å². The minimum atomic E-state index is 0.0535. The molecule has 1 aliphatic heterocycles. The van der Waals surface area contributed by atoms with Crippen molar-refractivity contribution in [2.45, 2.75) is 13.0 Å². The first kappa shape index (κ1) is 13.9. The first-order valence-corrected chi connectivity index (χ1v) is 7.92. The lowest BCUT2D eigenvalue weighted by Crippen LogP contribution is -2.35. The number of fused-ring (bicyclic) bond motifs is 1. The van der Waals surface area contributed by atoms with E-state index in [1.165, 1.54) is 11.1 Å². The SMILES string of the molecule is O=C(c1ccc(I)c(Cl)c1)N1CCc2ccccc2C1. The van der Waals surface area contributed by atoms with Crippen molar-refractivity contribution < 1.29 is 4.79 Å². The van der Waals surface area contributed by atoms with Crippen molar-refractivity contribution in [2.24, 2.45) is 0 Å². The average Bonchev–Trinajstić information content (AvgIpc) is 2.49. The summed E-state index contributed by atoms with van der Waals surface area (Å²) in [4.78, 5) is 14.4. The maximum absolute atomic E-state index is 12.5. The molecule has 20 heavy (non-hydrogen) atoms. The summed E-state index contributed by atoms with van der Waals surface area (Å²) in [5.74, 6) is 0.0535. The lowest BCUT2D eigenvalue weighted by molar-refractivity contribution is 0.0734. The van der Waals surface area contributed by atoms with Gasteiger partial charge in [-0.1, -0.05) is 35.9 Å². The number of hydrogen-bond donors (Lipinski definition) is 0. The largest absolute Gasteiger partial charge is 0.334 e. The number of hydrogen-bond acceptors (Lipinski definition) is 1. The molecule has 2 aromatic carbocycles. The standard InChI is InChI=1S/C16H13ClINO/c17-14-9-12(5-6-15(14)18)16(20)19-8-7-11-3-1-2-4-13(11)10-19/h1-6,9H,7-8,10H2. The van der Waals surface area contributed by atoms with Crippen molar-refractivity contribution >= 4 is 40.1 Å². The molecule has 2 nitrogen and oxygen atoms in total. The van der Waals surface area contributed by atoms with E-state index in [0.29, 0.717) is 17.1 Å². The van der Waals surface area contributed by atoms with Gasteiger partial charge in [-0.3, -0.25) is 4.79 Å². The number of benzene rings is 2. The second kappa shape index (κ2) is 5.74. The minimum Gasteiger partial charge on any atom is -0.334 e. The Bertz CT molecular complexity index is 671. The molecule has 0 N–H and O–H groups in total. The van der Waals surface area contributed by atoms with Crippen molar-refractivity contribution in [3.63, 3.8) is 0 Å². The van der Waals surface area contributed by atoms with Gasteiger partial charge in [0.2, 0.25) is 0 Å². The summed E-state index contributed by atoms with van der Waals surface area (Å²) in [5.41, 5.74) is 3.25. The van der Waals surface area contributed by atoms with Gasteiger partial charge in [-0.05, 0) is 58.3 Å². The fraction of sp³-hybridized carbons (Fsp3) is 0.188. The van der Waals surface area contributed by atoms with Crippen LogP contribution in [0.1, 0.15) is 21.5 Å². The molecule has 1 heterocycles. The molecule has 2 aromatic rings. The highest BCUT2D eigenvalue weighted by atomic mass is 127. The molecule has 4 heteroatoms. The summed E-state index contributed by atoms with van der Waals surface area (Å²) in [5, 5.41) is 0.633. The van der Waals surface area contributed by atoms with Crippen LogP contribution in [-0.2, 0) is 13.0 Å². The van der Waals surface area contributed by atoms with E-state index in [1.807, 2.05) is 23.1 Å². The molecule has 0 fully saturated rings. The molecule has 0 spiro atoms. The molecule has 1 amide bonds. The van der Waals surface area contributed by atoms with Gasteiger partial charge in [0, 0.05) is 22.2 Å². The Hall–Kier alpha value is -1.07. The van der Waals surface area contributed by atoms with Crippen LogP contribution in [0.3, 0.4) is 0 Å². The molecule has 1 aliphatic rings. The second-order valence-electron chi connectivity index (χ2n) is 4.87. The van der Waals surface area contributed by atoms with Crippen LogP contribution in [0.5, 0.6) is 0 Å². The van der Waals surface area contributed by atoms with Gasteiger partial charge in [-0.2, -0.15) is 0 Å². The van der Waals surface area contributed by atoms with E-state index >= 15 is 0 Å². The molecule has 0 atom stereocenters. The zero-order chi connectivity index (χ0) is 14.1. The van der Waals surface area contributed by atoms with Crippen molar-refractivity contribution in [3.8, 4) is 0 Å². The molecule has 0 saturated heterocycles. The van der Waals surface area contributed by atoms with E-state index in [4.69, 9.17) is 11.6 Å². The monoisotopic (exact) mass is 397 g/mol. The number of amides is 1. The van der Waals surface area contributed by atoms with Gasteiger partial charge in [0.05, 0.1) is 5.02 Å². The van der Waals surface area contributed by atoms with E-state index < -0.39 is 0 Å². The van der Waals surface area contributed by atoms with Gasteiger partial charge >= 0.3 is 0 Å². The van der Waals surface area contributed by atoms with Crippen LogP contribution in [0, 0.1) is 3.57 Å². The predicted octanol–water partition coefficient (Wildman–Crippen LogP) is 4.14. The van der Waals surface area contributed by atoms with Crippen LogP contribution in [0.4, 0.5) is 0 Å². The van der Waals surface area contributed by atoms with E-state index in [0.717, 1.165) is 16.5 Å². The van der Waals surface area contributed by atoms with E-state index in [1.54, 1.807) is 6.07 Å². The van der Waals surface area contributed by atoms with Crippen LogP contribution in [0.25, 0.3) is 0 Å². The number of nitrogens with zero attached hydrogens (tertiary/aromatic N) is 1. The first-order valence-electron chi connectivity index (χ1n) is 6.46. The number of carbonyl (C=O) groups excluding carboxylic acids is 1. The van der Waals surface area contributed by atoms with Gasteiger partial charge in [0.15, 0.2) is 0 Å². The Morgan fingerprint density at radius 2 is 1.90 bits per heavy atom. The van der Waals surface area contributed by atoms with E-state index in [2.05, 4.69) is 40.8 Å². The molecular formula is C16H13ClINO. The summed E-state index contributed by atoms with van der Waals surface area (Å²) >= 11 is 8.26. The summed E-state index contributed by atoms with van der Waals surface area (Å²) < 4.78 is 0.963. The molecule has 3 rings (SSSR count). The number of halogens is 2. The molecule has 0 aliphatic carbocycles. The highest BCUT2D eigenvalue weighted by Crippen LogP contribution is 2.23. The molecule has 0 radical (unpaired) electrons. The Morgan fingerprint density at radius 3 is 2.65 bits per heavy atom. The third-order valence-electron chi connectivity index (χ3n) is 3.58. The Balaban J connectivity index is 1.84. The van der Waals surface area contributed by atoms with Crippen molar-refractivity contribution in [3.05, 3.63) is 67.7 Å². The number of carbonyl (C=O) groups is 1. The molecule has 0 aromatic heterocycles. The first-order chi connectivity index (χ1) is 9.65. The fourth-order valence-corrected chi connectivity index (χ4v) is 3.00. The van der Waals surface area contributed by atoms with Crippen LogP contribution < -0.4 is 0 Å². The van der Waals surface area contributed by atoms with Crippen LogP contribution in [0.15, 0.2) is 42.5 Å². The van der Waals surface area contributed by atoms with Crippen molar-refractivity contribution in [2.75, 3.05) is 6.54 Å². The lowest BCUT2D eigenvalue weighted by Gasteiger charge is -2.29. The highest BCUT2D eigenvalue weighted by Gasteiger charge is 2.21. The third kappa shape index (κ3) is 2.69. The Kier molecular flexibility index (Phi) is 3.98. The van der Waals surface area contributed by atoms with Crippen LogP contribution in [-0.4, -0.2) is 17.4 Å². The van der Waals surface area contributed by atoms with Gasteiger partial charge in [-0.25, -0.2) is 0 Å². The minimum absolute atomic E-state index is 0.0535. The zero-order valence-corrected chi connectivity index (χ0v) is 13.7. The summed E-state index contributed by atoms with van der Waals surface area (Å²) in [6.45, 7) is 1.44. The third-order valence-corrected chi connectivity index (χ3v) is 5.16. The lowest BCUT2D eigenvalue weighted by atomic mass is 9.99. The quantitative estimate of drug-likeness (QED) is 0.662. The molecule has 0 bridgehead atoms. The van der Waals surface area contributed by atoms with Crippen molar-refractivity contribution in [1.29, 1.82) is 0 Å². The summed E-state index contributed by atoms with van der Waals surface area (Å²) in [6.07, 6.45) is 0.917. The van der Waals surface area contributed by atoms with Crippen molar-refractivity contribution in [1.82, 2.24) is 4.90 Å². The van der Waals surface area contributed by atoms with Crippen LogP contribution in [0.2, 0.25) is 5.02 Å². The normalized spacial score (nSPS) is 14.0. The topological polar surface area (TPSA) is 20.3 Å². The van der Waals surface area contributed by atoms with Gasteiger partial charge in [0.25, 0.3) is 5.91 Å². The molecule has 0 saturated carbocycles. The van der Waals surface area contributed by atoms with Crippen LogP contribution >= 0.6 is 34.2 Å². The second-order valence-corrected chi connectivity index (χ2v) is 6.44. The summed E-state index contributed by atoms with van der Waals surface area (Å²) in [6, 6.07) is 13.8. The zero-order valence-electron chi connectivity index (χ0n) is 10.8. The smallest absolute Gasteiger partial charge is 0.254 e. The summed E-state index contributed by atoms with van der Waals surface area (Å²) in [7, 11) is 0. The van der Waals surface area contributed by atoms with Gasteiger partial charge < -0.3 is 4.90 Å². The van der Waals surface area contributed by atoms with Gasteiger partial charge in [-0.15, -0.1) is 0 Å². The fourth-order valence-electron chi connectivity index (χ4n) is 2.48. The molecule has 102 valence electrons. The highest BCUT2D eigenvalue weighted by molar-refractivity contribution is 14.1. The molecule has 0 unspecified atom stereocenters.